The molecule has 2 aromatic carbocycles. The molecule has 1 aliphatic rings. The predicted octanol–water partition coefficient (Wildman–Crippen LogP) is 2.13. The number of ether oxygens (including phenoxy) is 2. The van der Waals surface area contributed by atoms with Crippen LogP contribution >= 0.6 is 0 Å². The summed E-state index contributed by atoms with van der Waals surface area (Å²) in [5.74, 6) is 0.509. The first kappa shape index (κ1) is 20.3. The Morgan fingerprint density at radius 1 is 1.21 bits per heavy atom. The third-order valence-corrected chi connectivity index (χ3v) is 5.02. The Hall–Kier alpha value is -2.41. The van der Waals surface area contributed by atoms with Crippen LogP contribution in [0.4, 0.5) is 0 Å². The molecule has 1 fully saturated rings. The zero-order valence-electron chi connectivity index (χ0n) is 16.2. The van der Waals surface area contributed by atoms with Crippen LogP contribution in [0.5, 0.6) is 5.75 Å². The molecule has 3 N–H and O–H groups in total. The van der Waals surface area contributed by atoms with Gasteiger partial charge in [0.05, 0.1) is 19.1 Å². The number of hydrogen-bond acceptors (Lipinski definition) is 5. The van der Waals surface area contributed by atoms with Gasteiger partial charge in [0.1, 0.15) is 11.9 Å². The fourth-order valence-corrected chi connectivity index (χ4v) is 3.38. The summed E-state index contributed by atoms with van der Waals surface area (Å²) in [6.45, 7) is 1.82. The third kappa shape index (κ3) is 4.90. The van der Waals surface area contributed by atoms with Gasteiger partial charge < -0.3 is 25.0 Å². The van der Waals surface area contributed by atoms with Crippen molar-refractivity contribution in [3.8, 4) is 16.9 Å². The first-order valence-corrected chi connectivity index (χ1v) is 9.51. The lowest BCUT2D eigenvalue weighted by Gasteiger charge is -2.37. The zero-order valence-corrected chi connectivity index (χ0v) is 16.2. The topological polar surface area (TPSA) is 88.0 Å². The van der Waals surface area contributed by atoms with Crippen molar-refractivity contribution in [3.63, 3.8) is 0 Å². The number of aliphatic hydroxyl groups excluding tert-OH is 2. The summed E-state index contributed by atoms with van der Waals surface area (Å²) in [5, 5.41) is 22.4. The molecule has 6 nitrogen and oxygen atoms in total. The number of carbonyl (C=O) groups is 1. The molecule has 2 aromatic rings. The number of carbonyl (C=O) groups excluding carboxylic acids is 1. The minimum absolute atomic E-state index is 0.0273. The number of benzene rings is 2. The number of amides is 1. The highest BCUT2D eigenvalue weighted by Crippen LogP contribution is 2.30. The molecule has 150 valence electrons. The molecule has 28 heavy (non-hydrogen) atoms. The van der Waals surface area contributed by atoms with Crippen molar-refractivity contribution in [2.45, 2.75) is 38.3 Å². The van der Waals surface area contributed by atoms with Crippen LogP contribution in [0.2, 0.25) is 0 Å². The first-order valence-electron chi connectivity index (χ1n) is 9.51. The first-order chi connectivity index (χ1) is 13.5. The molecule has 1 heterocycles. The summed E-state index contributed by atoms with van der Waals surface area (Å²) < 4.78 is 11.6. The Labute approximate surface area is 165 Å². The molecule has 0 saturated carbocycles. The van der Waals surface area contributed by atoms with Crippen molar-refractivity contribution in [1.29, 1.82) is 0 Å². The molecule has 1 amide bonds. The van der Waals surface area contributed by atoms with E-state index >= 15 is 0 Å². The van der Waals surface area contributed by atoms with E-state index in [4.69, 9.17) is 9.47 Å². The van der Waals surface area contributed by atoms with Gasteiger partial charge in [-0.05, 0) is 41.2 Å². The molecule has 0 bridgehead atoms. The van der Waals surface area contributed by atoms with Crippen LogP contribution in [0.3, 0.4) is 0 Å². The average molecular weight is 385 g/mol. The number of rotatable bonds is 6. The van der Waals surface area contributed by atoms with Crippen LogP contribution in [0.15, 0.2) is 48.5 Å². The van der Waals surface area contributed by atoms with E-state index in [9.17, 15) is 15.0 Å². The summed E-state index contributed by atoms with van der Waals surface area (Å²) in [6, 6.07) is 15.3. The quantitative estimate of drug-likeness (QED) is 0.709. The van der Waals surface area contributed by atoms with Gasteiger partial charge in [-0.2, -0.15) is 0 Å². The highest BCUT2D eigenvalue weighted by molar-refractivity contribution is 5.79. The second-order valence-corrected chi connectivity index (χ2v) is 7.21. The van der Waals surface area contributed by atoms with Gasteiger partial charge in [-0.15, -0.1) is 0 Å². The number of aliphatic hydroxyl groups is 2. The predicted molar refractivity (Wildman–Crippen MR) is 106 cm³/mol. The van der Waals surface area contributed by atoms with Gasteiger partial charge >= 0.3 is 0 Å². The van der Waals surface area contributed by atoms with E-state index < -0.39 is 12.4 Å². The Balaban J connectivity index is 1.77. The number of nitrogens with one attached hydrogen (secondary N) is 1. The lowest BCUT2D eigenvalue weighted by atomic mass is 9.94. The van der Waals surface area contributed by atoms with Crippen LogP contribution in [-0.4, -0.2) is 48.3 Å². The Kier molecular flexibility index (Phi) is 6.67. The lowest BCUT2D eigenvalue weighted by Crippen LogP contribution is -2.48. The van der Waals surface area contributed by atoms with Crippen molar-refractivity contribution in [2.24, 2.45) is 5.92 Å². The molecule has 1 saturated heterocycles. The van der Waals surface area contributed by atoms with Crippen LogP contribution in [0, 0.1) is 5.92 Å². The van der Waals surface area contributed by atoms with Gasteiger partial charge in [-0.3, -0.25) is 4.79 Å². The number of hydrogen-bond donors (Lipinski definition) is 3. The highest BCUT2D eigenvalue weighted by atomic mass is 16.7. The van der Waals surface area contributed by atoms with Crippen molar-refractivity contribution >= 4 is 5.91 Å². The second kappa shape index (κ2) is 9.19. The number of likely N-dealkylation sites (N-methyl/N-ethyl adjacent to an activating group) is 1. The standard InChI is InChI=1S/C22H27NO5/c1-14-9-19(13-24)28-22(21(14)26)27-18-8-4-7-17(12-18)16-6-3-5-15(10-16)11-20(25)23-2/h3-8,10,12,14,19,21-22,24,26H,9,11,13H2,1-2H3,(H,23,25)/t14?,19?,21?,22-/m0/s1. The highest BCUT2D eigenvalue weighted by Gasteiger charge is 2.36. The molecule has 1 aliphatic heterocycles. The minimum Gasteiger partial charge on any atom is -0.462 e. The largest absolute Gasteiger partial charge is 0.462 e. The summed E-state index contributed by atoms with van der Waals surface area (Å²) in [6.07, 6.45) is -1.01. The summed E-state index contributed by atoms with van der Waals surface area (Å²) in [4.78, 5) is 11.6. The third-order valence-electron chi connectivity index (χ3n) is 5.02. The smallest absolute Gasteiger partial charge is 0.226 e. The molecule has 0 radical (unpaired) electrons. The average Bonchev–Trinajstić information content (AvgIpc) is 2.71. The molecule has 3 rings (SSSR count). The van der Waals surface area contributed by atoms with Gasteiger partial charge in [0.2, 0.25) is 12.2 Å². The lowest BCUT2D eigenvalue weighted by molar-refractivity contribution is -0.225. The normalized spacial score (nSPS) is 24.6. The van der Waals surface area contributed by atoms with Crippen molar-refractivity contribution in [3.05, 3.63) is 54.1 Å². The Bertz CT molecular complexity index is 809. The van der Waals surface area contributed by atoms with Crippen LogP contribution in [0.1, 0.15) is 18.9 Å². The summed E-state index contributed by atoms with van der Waals surface area (Å²) in [5.41, 5.74) is 2.83. The van der Waals surface area contributed by atoms with E-state index in [-0.39, 0.29) is 24.5 Å². The van der Waals surface area contributed by atoms with Crippen LogP contribution < -0.4 is 10.1 Å². The van der Waals surface area contributed by atoms with Crippen molar-refractivity contribution < 1.29 is 24.5 Å². The summed E-state index contributed by atoms with van der Waals surface area (Å²) in [7, 11) is 1.62. The van der Waals surface area contributed by atoms with Crippen molar-refractivity contribution in [1.82, 2.24) is 5.32 Å². The molecule has 6 heteroatoms. The van der Waals surface area contributed by atoms with E-state index in [0.717, 1.165) is 16.7 Å². The fourth-order valence-electron chi connectivity index (χ4n) is 3.38. The molecule has 4 atom stereocenters. The van der Waals surface area contributed by atoms with Gasteiger partial charge in [-0.25, -0.2) is 0 Å². The molecular formula is C22H27NO5. The van der Waals surface area contributed by atoms with E-state index in [1.165, 1.54) is 0 Å². The SMILES string of the molecule is CNC(=O)Cc1cccc(-c2cccc(O[C@H]3OC(CO)CC(C)C3O)c2)c1. The van der Waals surface area contributed by atoms with Gasteiger partial charge in [0.15, 0.2) is 0 Å². The minimum atomic E-state index is -0.823. The molecular weight excluding hydrogens is 358 g/mol. The molecule has 0 aromatic heterocycles. The molecule has 0 aliphatic carbocycles. The van der Waals surface area contributed by atoms with Crippen LogP contribution in [-0.2, 0) is 16.0 Å². The second-order valence-electron chi connectivity index (χ2n) is 7.21. The Morgan fingerprint density at radius 2 is 1.93 bits per heavy atom. The van der Waals surface area contributed by atoms with Gasteiger partial charge in [0, 0.05) is 7.05 Å². The van der Waals surface area contributed by atoms with E-state index in [1.54, 1.807) is 13.1 Å². The maximum absolute atomic E-state index is 11.6. The maximum atomic E-state index is 11.6. The Morgan fingerprint density at radius 3 is 2.64 bits per heavy atom. The van der Waals surface area contributed by atoms with Gasteiger partial charge in [-0.1, -0.05) is 43.3 Å². The molecule has 3 unspecified atom stereocenters. The van der Waals surface area contributed by atoms with E-state index in [2.05, 4.69) is 5.32 Å². The van der Waals surface area contributed by atoms with Crippen LogP contribution in [0.25, 0.3) is 11.1 Å². The summed E-state index contributed by atoms with van der Waals surface area (Å²) >= 11 is 0. The van der Waals surface area contributed by atoms with E-state index in [1.807, 2.05) is 49.4 Å². The maximum Gasteiger partial charge on any atom is 0.226 e. The van der Waals surface area contributed by atoms with Crippen molar-refractivity contribution in [2.75, 3.05) is 13.7 Å². The van der Waals surface area contributed by atoms with Gasteiger partial charge in [0.25, 0.3) is 0 Å². The monoisotopic (exact) mass is 385 g/mol. The zero-order chi connectivity index (χ0) is 20.1. The van der Waals surface area contributed by atoms with E-state index in [0.29, 0.717) is 18.6 Å². The molecule has 0 spiro atoms. The fraction of sp³-hybridized carbons (Fsp3) is 0.409.